The number of piperidine rings is 1. The van der Waals surface area contributed by atoms with Gasteiger partial charge in [-0.1, -0.05) is 55.5 Å². The van der Waals surface area contributed by atoms with E-state index in [1.54, 1.807) is 7.11 Å². The van der Waals surface area contributed by atoms with Crippen LogP contribution in [0.15, 0.2) is 54.6 Å². The highest BCUT2D eigenvalue weighted by Gasteiger charge is 2.43. The van der Waals surface area contributed by atoms with Crippen molar-refractivity contribution in [2.45, 2.75) is 38.0 Å². The third-order valence-electron chi connectivity index (χ3n) is 5.99. The van der Waals surface area contributed by atoms with Gasteiger partial charge in [0.05, 0.1) is 12.5 Å². The second-order valence-electron chi connectivity index (χ2n) is 7.96. The van der Waals surface area contributed by atoms with Crippen molar-refractivity contribution in [1.29, 1.82) is 0 Å². The highest BCUT2D eigenvalue weighted by Crippen LogP contribution is 2.36. The van der Waals surface area contributed by atoms with E-state index in [0.29, 0.717) is 32.4 Å². The van der Waals surface area contributed by atoms with Crippen LogP contribution in [-0.4, -0.2) is 42.1 Å². The van der Waals surface area contributed by atoms with Crippen LogP contribution in [-0.2, 0) is 21.4 Å². The van der Waals surface area contributed by atoms with Crippen LogP contribution in [0, 0.1) is 5.92 Å². The number of carbonyl (C=O) groups is 2. The van der Waals surface area contributed by atoms with Gasteiger partial charge >= 0.3 is 5.97 Å². The van der Waals surface area contributed by atoms with E-state index in [1.165, 1.54) is 0 Å². The maximum absolute atomic E-state index is 12.8. The lowest BCUT2D eigenvalue weighted by atomic mass is 9.72. The summed E-state index contributed by atoms with van der Waals surface area (Å²) in [5, 5.41) is 9.91. The summed E-state index contributed by atoms with van der Waals surface area (Å²) < 4.78 is 5.40. The Morgan fingerprint density at radius 2 is 1.69 bits per heavy atom. The highest BCUT2D eigenvalue weighted by molar-refractivity contribution is 5.82. The smallest absolute Gasteiger partial charge is 0.314 e. The lowest BCUT2D eigenvalue weighted by molar-refractivity contribution is -0.148. The molecule has 1 aliphatic rings. The molecule has 1 heterocycles. The monoisotopic (exact) mass is 395 g/mol. The summed E-state index contributed by atoms with van der Waals surface area (Å²) in [5.74, 6) is 0.317. The number of amides is 1. The van der Waals surface area contributed by atoms with E-state index >= 15 is 0 Å². The molecule has 0 radical (unpaired) electrons. The van der Waals surface area contributed by atoms with E-state index in [9.17, 15) is 14.7 Å². The van der Waals surface area contributed by atoms with Crippen LogP contribution >= 0.6 is 0 Å². The number of ether oxygens (including phenoxy) is 1. The van der Waals surface area contributed by atoms with E-state index in [-0.39, 0.29) is 11.8 Å². The van der Waals surface area contributed by atoms with E-state index < -0.39 is 11.4 Å². The molecule has 0 aliphatic carbocycles. The standard InChI is InChI=1S/C24H29NO4/c1-18(16-19-8-6-7-11-21(19)29-2)17-22(26)25-14-12-24(13-15-25,23(27)28)20-9-4-3-5-10-20/h3-11,18H,12-17H2,1-2H3,(H,27,28). The second-order valence-corrected chi connectivity index (χ2v) is 7.96. The molecule has 1 amide bonds. The van der Waals surface area contributed by atoms with E-state index in [1.807, 2.05) is 59.5 Å². The summed E-state index contributed by atoms with van der Waals surface area (Å²) in [6, 6.07) is 17.3. The van der Waals surface area contributed by atoms with E-state index in [2.05, 4.69) is 6.92 Å². The minimum atomic E-state index is -0.902. The van der Waals surface area contributed by atoms with Crippen molar-refractivity contribution in [1.82, 2.24) is 4.90 Å². The molecule has 1 aliphatic heterocycles. The molecule has 154 valence electrons. The number of rotatable bonds is 7. The van der Waals surface area contributed by atoms with Gasteiger partial charge in [0.25, 0.3) is 0 Å². The number of carbonyl (C=O) groups excluding carboxylic acids is 1. The molecule has 1 atom stereocenters. The highest BCUT2D eigenvalue weighted by atomic mass is 16.5. The number of benzene rings is 2. The number of methoxy groups -OCH3 is 1. The van der Waals surface area contributed by atoms with Crippen LogP contribution in [0.2, 0.25) is 0 Å². The molecule has 1 unspecified atom stereocenters. The number of carboxylic acid groups (broad SMARTS) is 1. The second kappa shape index (κ2) is 9.12. The molecule has 1 saturated heterocycles. The Morgan fingerprint density at radius 3 is 2.31 bits per heavy atom. The third-order valence-corrected chi connectivity index (χ3v) is 5.99. The first-order valence-electron chi connectivity index (χ1n) is 10.1. The zero-order chi connectivity index (χ0) is 20.9. The fourth-order valence-electron chi connectivity index (χ4n) is 4.27. The molecule has 5 nitrogen and oxygen atoms in total. The van der Waals surface area contributed by atoms with Crippen LogP contribution < -0.4 is 4.74 Å². The summed E-state index contributed by atoms with van der Waals surface area (Å²) in [6.45, 7) is 3.02. The lowest BCUT2D eigenvalue weighted by Gasteiger charge is -2.39. The molecular weight excluding hydrogens is 366 g/mol. The Kier molecular flexibility index (Phi) is 6.57. The fourth-order valence-corrected chi connectivity index (χ4v) is 4.27. The van der Waals surface area contributed by atoms with E-state index in [4.69, 9.17) is 4.74 Å². The van der Waals surface area contributed by atoms with Crippen molar-refractivity contribution >= 4 is 11.9 Å². The van der Waals surface area contributed by atoms with E-state index in [0.717, 1.165) is 23.3 Å². The van der Waals surface area contributed by atoms with Gasteiger partial charge in [-0.2, -0.15) is 0 Å². The van der Waals surface area contributed by atoms with Gasteiger partial charge in [-0.05, 0) is 42.4 Å². The molecule has 5 heteroatoms. The molecule has 0 aromatic heterocycles. The summed E-state index contributed by atoms with van der Waals surface area (Å²) in [4.78, 5) is 26.7. The fraction of sp³-hybridized carbons (Fsp3) is 0.417. The molecule has 29 heavy (non-hydrogen) atoms. The molecule has 2 aromatic carbocycles. The molecular formula is C24H29NO4. The molecule has 3 rings (SSSR count). The lowest BCUT2D eigenvalue weighted by Crippen LogP contribution is -2.49. The van der Waals surface area contributed by atoms with Crippen molar-refractivity contribution in [3.8, 4) is 5.75 Å². The van der Waals surface area contributed by atoms with Gasteiger partial charge < -0.3 is 14.7 Å². The number of nitrogens with zero attached hydrogens (tertiary/aromatic N) is 1. The van der Waals surface area contributed by atoms with Gasteiger partial charge in [0.1, 0.15) is 5.75 Å². The summed E-state index contributed by atoms with van der Waals surface area (Å²) in [7, 11) is 1.66. The Hall–Kier alpha value is -2.82. The van der Waals surface area contributed by atoms with Crippen molar-refractivity contribution in [2.75, 3.05) is 20.2 Å². The van der Waals surface area contributed by atoms with Crippen LogP contribution in [0.4, 0.5) is 0 Å². The number of aliphatic carboxylic acids is 1. The first-order valence-corrected chi connectivity index (χ1v) is 10.1. The number of hydrogen-bond donors (Lipinski definition) is 1. The molecule has 1 N–H and O–H groups in total. The van der Waals surface area contributed by atoms with Crippen LogP contribution in [0.3, 0.4) is 0 Å². The van der Waals surface area contributed by atoms with Gasteiger partial charge in [0, 0.05) is 19.5 Å². The average Bonchev–Trinajstić information content (AvgIpc) is 2.74. The summed E-state index contributed by atoms with van der Waals surface area (Å²) in [6.07, 6.45) is 2.11. The number of carboxylic acids is 1. The zero-order valence-corrected chi connectivity index (χ0v) is 17.1. The van der Waals surface area contributed by atoms with Gasteiger partial charge in [0.2, 0.25) is 5.91 Å². The van der Waals surface area contributed by atoms with Gasteiger partial charge in [-0.3, -0.25) is 9.59 Å². The summed E-state index contributed by atoms with van der Waals surface area (Å²) >= 11 is 0. The third kappa shape index (κ3) is 4.61. The average molecular weight is 395 g/mol. The Morgan fingerprint density at radius 1 is 1.07 bits per heavy atom. The number of likely N-dealkylation sites (tertiary alicyclic amines) is 1. The largest absolute Gasteiger partial charge is 0.496 e. The van der Waals surface area contributed by atoms with Crippen LogP contribution in [0.1, 0.15) is 37.3 Å². The predicted octanol–water partition coefficient (Wildman–Crippen LogP) is 3.91. The Balaban J connectivity index is 1.60. The maximum atomic E-state index is 12.8. The SMILES string of the molecule is COc1ccccc1CC(C)CC(=O)N1CCC(C(=O)O)(c2ccccc2)CC1. The van der Waals surface area contributed by atoms with Crippen molar-refractivity contribution < 1.29 is 19.4 Å². The quantitative estimate of drug-likeness (QED) is 0.772. The van der Waals surface area contributed by atoms with Crippen molar-refractivity contribution in [3.05, 3.63) is 65.7 Å². The number of para-hydroxylation sites is 1. The number of hydrogen-bond acceptors (Lipinski definition) is 3. The predicted molar refractivity (Wildman–Crippen MR) is 112 cm³/mol. The minimum absolute atomic E-state index is 0.0967. The van der Waals surface area contributed by atoms with Gasteiger partial charge in [-0.25, -0.2) is 0 Å². The Bertz CT molecular complexity index is 841. The van der Waals surface area contributed by atoms with Crippen molar-refractivity contribution in [3.63, 3.8) is 0 Å². The van der Waals surface area contributed by atoms with Crippen LogP contribution in [0.25, 0.3) is 0 Å². The van der Waals surface area contributed by atoms with Gasteiger partial charge in [0.15, 0.2) is 0 Å². The molecule has 0 saturated carbocycles. The minimum Gasteiger partial charge on any atom is -0.496 e. The first-order chi connectivity index (χ1) is 14.0. The summed E-state index contributed by atoms with van der Waals surface area (Å²) in [5.41, 5.74) is 1.02. The van der Waals surface area contributed by atoms with Crippen molar-refractivity contribution in [2.24, 2.45) is 5.92 Å². The molecule has 0 spiro atoms. The normalized spacial score (nSPS) is 16.8. The maximum Gasteiger partial charge on any atom is 0.314 e. The first kappa shape index (κ1) is 20.9. The van der Waals surface area contributed by atoms with Gasteiger partial charge in [-0.15, -0.1) is 0 Å². The zero-order valence-electron chi connectivity index (χ0n) is 17.1. The van der Waals surface area contributed by atoms with Crippen LogP contribution in [0.5, 0.6) is 5.75 Å². The topological polar surface area (TPSA) is 66.8 Å². The Labute approximate surface area is 172 Å². The molecule has 1 fully saturated rings. The molecule has 0 bridgehead atoms. The molecule has 2 aromatic rings.